The second-order valence-corrected chi connectivity index (χ2v) is 5.63. The summed E-state index contributed by atoms with van der Waals surface area (Å²) in [6.07, 6.45) is 0. The number of nitrogens with zero attached hydrogens (tertiary/aromatic N) is 2. The zero-order valence-electron chi connectivity index (χ0n) is 11.4. The van der Waals surface area contributed by atoms with Crippen LogP contribution in [0.15, 0.2) is 28.7 Å². The third kappa shape index (κ3) is 2.60. The van der Waals surface area contributed by atoms with Gasteiger partial charge in [0.1, 0.15) is 5.69 Å². The molecule has 20 heavy (non-hydrogen) atoms. The van der Waals surface area contributed by atoms with Crippen LogP contribution in [-0.2, 0) is 16.6 Å². The molecule has 0 saturated heterocycles. The maximum absolute atomic E-state index is 11.7. The fraction of sp³-hybridized carbons (Fsp3) is 0.286. The van der Waals surface area contributed by atoms with Gasteiger partial charge in [0.2, 0.25) is 0 Å². The van der Waals surface area contributed by atoms with E-state index in [0.717, 1.165) is 10.0 Å². The Kier molecular flexibility index (Phi) is 4.50. The van der Waals surface area contributed by atoms with Crippen LogP contribution in [0.1, 0.15) is 18.5 Å². The van der Waals surface area contributed by atoms with E-state index in [4.69, 9.17) is 16.3 Å². The predicted molar refractivity (Wildman–Crippen MR) is 81.8 cm³/mol. The Bertz CT molecular complexity index is 655. The molecule has 1 heterocycles. The zero-order chi connectivity index (χ0) is 14.9. The Hall–Kier alpha value is -1.33. The van der Waals surface area contributed by atoms with Gasteiger partial charge < -0.3 is 4.74 Å². The molecule has 0 saturated carbocycles. The highest BCUT2D eigenvalue weighted by Gasteiger charge is 2.26. The number of halogens is 2. The lowest BCUT2D eigenvalue weighted by Crippen LogP contribution is -2.14. The molecule has 1 unspecified atom stereocenters. The van der Waals surface area contributed by atoms with Gasteiger partial charge in [-0.1, -0.05) is 45.7 Å². The molecule has 4 nitrogen and oxygen atoms in total. The monoisotopic (exact) mass is 356 g/mol. The fourth-order valence-electron chi connectivity index (χ4n) is 2.10. The van der Waals surface area contributed by atoms with Gasteiger partial charge in [0, 0.05) is 17.1 Å². The molecule has 0 radical (unpaired) electrons. The van der Waals surface area contributed by atoms with Crippen LogP contribution in [-0.4, -0.2) is 22.9 Å². The van der Waals surface area contributed by atoms with Crippen LogP contribution in [0.5, 0.6) is 0 Å². The number of aryl methyl sites for hydroxylation is 1. The Morgan fingerprint density at radius 1 is 1.45 bits per heavy atom. The second kappa shape index (κ2) is 5.97. The number of ether oxygens (including phenoxy) is 1. The Balaban J connectivity index is 2.55. The molecule has 2 rings (SSSR count). The van der Waals surface area contributed by atoms with Crippen molar-refractivity contribution in [3.8, 4) is 11.3 Å². The molecule has 0 aliphatic heterocycles. The topological polar surface area (TPSA) is 44.1 Å². The molecule has 0 N–H and O–H groups in total. The summed E-state index contributed by atoms with van der Waals surface area (Å²) in [5, 5.41) is 4.90. The number of benzene rings is 1. The largest absolute Gasteiger partial charge is 0.469 e. The maximum Gasteiger partial charge on any atom is 0.314 e. The number of hydrogen-bond acceptors (Lipinski definition) is 3. The lowest BCUT2D eigenvalue weighted by molar-refractivity contribution is -0.142. The van der Waals surface area contributed by atoms with E-state index in [1.165, 1.54) is 7.11 Å². The lowest BCUT2D eigenvalue weighted by atomic mass is 10.1. The fourth-order valence-corrected chi connectivity index (χ4v) is 2.99. The van der Waals surface area contributed by atoms with Gasteiger partial charge >= 0.3 is 5.97 Å². The van der Waals surface area contributed by atoms with Crippen molar-refractivity contribution in [1.29, 1.82) is 0 Å². The standard InChI is InChI=1S/C14H14BrClN2O2/c1-8(14(19)20-3)13-11(16)12(17-18(13)2)9-6-4-5-7-10(9)15/h4-8H,1-3H3. The molecule has 0 spiro atoms. The summed E-state index contributed by atoms with van der Waals surface area (Å²) in [7, 11) is 3.12. The Labute approximate surface area is 130 Å². The van der Waals surface area contributed by atoms with Crippen molar-refractivity contribution in [2.24, 2.45) is 7.05 Å². The smallest absolute Gasteiger partial charge is 0.314 e. The molecule has 106 valence electrons. The van der Waals surface area contributed by atoms with E-state index >= 15 is 0 Å². The summed E-state index contributed by atoms with van der Waals surface area (Å²) in [5.41, 5.74) is 2.17. The SMILES string of the molecule is COC(=O)C(C)c1c(Cl)c(-c2ccccc2Br)nn1C. The minimum atomic E-state index is -0.471. The van der Waals surface area contributed by atoms with Crippen LogP contribution in [0.25, 0.3) is 11.3 Å². The normalized spacial score (nSPS) is 12.2. The molecule has 6 heteroatoms. The third-order valence-electron chi connectivity index (χ3n) is 3.13. The van der Waals surface area contributed by atoms with Crippen LogP contribution >= 0.6 is 27.5 Å². The van der Waals surface area contributed by atoms with Gasteiger partial charge in [-0.15, -0.1) is 0 Å². The molecule has 1 atom stereocenters. The van der Waals surface area contributed by atoms with Crippen molar-refractivity contribution >= 4 is 33.5 Å². The first-order valence-electron chi connectivity index (χ1n) is 6.02. The number of methoxy groups -OCH3 is 1. The molecule has 1 aromatic heterocycles. The van der Waals surface area contributed by atoms with Crippen LogP contribution in [0.3, 0.4) is 0 Å². The van der Waals surface area contributed by atoms with Gasteiger partial charge in [-0.25, -0.2) is 0 Å². The molecule has 2 aromatic rings. The Morgan fingerprint density at radius 3 is 2.70 bits per heavy atom. The summed E-state index contributed by atoms with van der Waals surface area (Å²) >= 11 is 9.90. The third-order valence-corrected chi connectivity index (χ3v) is 4.19. The number of carbonyl (C=O) groups is 1. The first-order chi connectivity index (χ1) is 9.47. The molecular weight excluding hydrogens is 344 g/mol. The number of esters is 1. The number of carbonyl (C=O) groups excluding carboxylic acids is 1. The van der Waals surface area contributed by atoms with E-state index < -0.39 is 5.92 Å². The summed E-state index contributed by atoms with van der Waals surface area (Å²) in [4.78, 5) is 11.7. The van der Waals surface area contributed by atoms with Crippen LogP contribution < -0.4 is 0 Å². The van der Waals surface area contributed by atoms with Crippen LogP contribution in [0, 0.1) is 0 Å². The van der Waals surface area contributed by atoms with Gasteiger partial charge in [0.15, 0.2) is 0 Å². The minimum Gasteiger partial charge on any atom is -0.469 e. The number of hydrogen-bond donors (Lipinski definition) is 0. The van der Waals surface area contributed by atoms with Crippen molar-refractivity contribution in [2.75, 3.05) is 7.11 Å². The summed E-state index contributed by atoms with van der Waals surface area (Å²) in [6.45, 7) is 1.75. The molecule has 1 aromatic carbocycles. The molecular formula is C14H14BrClN2O2. The average molecular weight is 358 g/mol. The first-order valence-corrected chi connectivity index (χ1v) is 7.19. The highest BCUT2D eigenvalue weighted by molar-refractivity contribution is 9.10. The van der Waals surface area contributed by atoms with Crippen molar-refractivity contribution in [3.63, 3.8) is 0 Å². The Morgan fingerprint density at radius 2 is 2.10 bits per heavy atom. The first kappa shape index (κ1) is 15.1. The van der Waals surface area contributed by atoms with Crippen LogP contribution in [0.2, 0.25) is 5.02 Å². The van der Waals surface area contributed by atoms with Crippen molar-refractivity contribution in [1.82, 2.24) is 9.78 Å². The van der Waals surface area contributed by atoms with E-state index in [-0.39, 0.29) is 5.97 Å². The number of aromatic nitrogens is 2. The summed E-state index contributed by atoms with van der Waals surface area (Å²) < 4.78 is 7.29. The number of rotatable bonds is 3. The second-order valence-electron chi connectivity index (χ2n) is 4.40. The molecule has 0 aliphatic rings. The highest BCUT2D eigenvalue weighted by atomic mass is 79.9. The molecule has 0 bridgehead atoms. The quantitative estimate of drug-likeness (QED) is 0.785. The molecule has 0 fully saturated rings. The van der Waals surface area contributed by atoms with Crippen molar-refractivity contribution < 1.29 is 9.53 Å². The predicted octanol–water partition coefficient (Wildman–Crippen LogP) is 3.78. The lowest BCUT2D eigenvalue weighted by Gasteiger charge is -2.09. The van der Waals surface area contributed by atoms with Crippen molar-refractivity contribution in [2.45, 2.75) is 12.8 Å². The minimum absolute atomic E-state index is 0.339. The molecule has 0 amide bonds. The highest BCUT2D eigenvalue weighted by Crippen LogP contribution is 2.37. The average Bonchev–Trinajstić information content (AvgIpc) is 2.73. The zero-order valence-corrected chi connectivity index (χ0v) is 13.7. The summed E-state index contributed by atoms with van der Waals surface area (Å²) in [6, 6.07) is 7.67. The van der Waals surface area contributed by atoms with Gasteiger partial charge in [0.05, 0.1) is 23.7 Å². The van der Waals surface area contributed by atoms with Gasteiger partial charge in [-0.05, 0) is 13.0 Å². The molecule has 0 aliphatic carbocycles. The van der Waals surface area contributed by atoms with E-state index in [0.29, 0.717) is 16.4 Å². The van der Waals surface area contributed by atoms with E-state index in [2.05, 4.69) is 21.0 Å². The van der Waals surface area contributed by atoms with E-state index in [1.807, 2.05) is 24.3 Å². The maximum atomic E-state index is 11.7. The van der Waals surface area contributed by atoms with Crippen LogP contribution in [0.4, 0.5) is 0 Å². The van der Waals surface area contributed by atoms with E-state index in [1.54, 1.807) is 18.7 Å². The van der Waals surface area contributed by atoms with E-state index in [9.17, 15) is 4.79 Å². The van der Waals surface area contributed by atoms with Gasteiger partial charge in [-0.3, -0.25) is 9.48 Å². The summed E-state index contributed by atoms with van der Waals surface area (Å²) in [5.74, 6) is -0.810. The van der Waals surface area contributed by atoms with Gasteiger partial charge in [-0.2, -0.15) is 5.10 Å². The van der Waals surface area contributed by atoms with Gasteiger partial charge in [0.25, 0.3) is 0 Å². The van der Waals surface area contributed by atoms with Crippen molar-refractivity contribution in [3.05, 3.63) is 39.5 Å².